The first-order chi connectivity index (χ1) is 19.0. The van der Waals surface area contributed by atoms with Crippen molar-refractivity contribution >= 4 is 17.8 Å². The van der Waals surface area contributed by atoms with Crippen molar-refractivity contribution in [1.29, 1.82) is 5.26 Å². The van der Waals surface area contributed by atoms with Gasteiger partial charge in [0.2, 0.25) is 5.91 Å². The summed E-state index contributed by atoms with van der Waals surface area (Å²) in [6.07, 6.45) is 8.64. The summed E-state index contributed by atoms with van der Waals surface area (Å²) >= 11 is 0. The molecule has 216 valence electrons. The highest BCUT2D eigenvalue weighted by molar-refractivity contribution is 5.96. The highest BCUT2D eigenvalue weighted by Gasteiger charge is 2.48. The molecule has 1 aromatic carbocycles. The maximum atomic E-state index is 15.1. The molecule has 0 aliphatic heterocycles. The number of hydrogen-bond donors (Lipinski definition) is 3. The summed E-state index contributed by atoms with van der Waals surface area (Å²) in [5.74, 6) is -2.18. The fourth-order valence-electron chi connectivity index (χ4n) is 7.29. The number of carbonyl (C=O) groups is 3. The molecule has 2 atom stereocenters. The molecule has 6 rings (SSSR count). The van der Waals surface area contributed by atoms with Crippen LogP contribution in [0.15, 0.2) is 12.1 Å². The Morgan fingerprint density at radius 1 is 1.05 bits per heavy atom. The van der Waals surface area contributed by atoms with Crippen molar-refractivity contribution in [3.63, 3.8) is 0 Å². The predicted octanol–water partition coefficient (Wildman–Crippen LogP) is 4.95. The molecule has 0 radical (unpaired) electrons. The van der Waals surface area contributed by atoms with Gasteiger partial charge in [-0.15, -0.1) is 0 Å². The van der Waals surface area contributed by atoms with Gasteiger partial charge in [0.25, 0.3) is 5.91 Å². The van der Waals surface area contributed by atoms with Gasteiger partial charge >= 0.3 is 5.97 Å². The number of ether oxygens (including phenoxy) is 1. The van der Waals surface area contributed by atoms with Crippen molar-refractivity contribution in [3.05, 3.63) is 29.1 Å². The minimum absolute atomic E-state index is 0.0147. The van der Waals surface area contributed by atoms with E-state index in [0.29, 0.717) is 32.2 Å². The van der Waals surface area contributed by atoms with E-state index in [2.05, 4.69) is 17.6 Å². The zero-order chi connectivity index (χ0) is 28.7. The van der Waals surface area contributed by atoms with Gasteiger partial charge in [0.1, 0.15) is 17.6 Å². The molecular formula is C31H40FN3O5. The van der Waals surface area contributed by atoms with E-state index in [-0.39, 0.29) is 58.1 Å². The van der Waals surface area contributed by atoms with Crippen LogP contribution in [-0.4, -0.2) is 41.6 Å². The molecule has 5 saturated carbocycles. The lowest BCUT2D eigenvalue weighted by Crippen LogP contribution is -2.59. The number of rotatable bonds is 8. The van der Waals surface area contributed by atoms with E-state index >= 15 is 4.39 Å². The fraction of sp³-hybridized carbons (Fsp3) is 0.677. The van der Waals surface area contributed by atoms with E-state index in [0.717, 1.165) is 44.6 Å². The molecule has 9 heteroatoms. The maximum Gasteiger partial charge on any atom is 0.309 e. The molecule has 3 N–H and O–H groups in total. The Morgan fingerprint density at radius 2 is 1.70 bits per heavy atom. The smallest absolute Gasteiger partial charge is 0.309 e. The number of carboxylic acids is 1. The number of nitrogens with zero attached hydrogens (tertiary/aromatic N) is 1. The molecule has 2 amide bonds. The molecule has 1 aromatic rings. The molecule has 0 heterocycles. The number of halogens is 1. The first kappa shape index (κ1) is 28.4. The second-order valence-electron chi connectivity index (χ2n) is 13.2. The third kappa shape index (κ3) is 5.55. The number of hydrogen-bond acceptors (Lipinski definition) is 5. The first-order valence-corrected chi connectivity index (χ1v) is 14.7. The molecule has 0 unspecified atom stereocenters. The summed E-state index contributed by atoms with van der Waals surface area (Å²) in [7, 11) is 0. The average Bonchev–Trinajstić information content (AvgIpc) is 2.93. The summed E-state index contributed by atoms with van der Waals surface area (Å²) in [5, 5.41) is 25.3. The standard InChI is InChI=1S/C31H40FN3O5/c1-30(10-3-11-30)17-34-28(37)25-18-4-6-19(7-5-18)26(25)35-27(36)22-15-24(20(16-33)14-23(22)32)40-21-8-12-31(2,13-9-21)29(38)39/h14-15,18-19,21,25-26H,3-13,17H2,1-2H3,(H,34,37)(H,35,36)(H,38,39)/t18?,19?,21?,25-,26+,31?/m0/s1. The predicted molar refractivity (Wildman–Crippen MR) is 145 cm³/mol. The minimum Gasteiger partial charge on any atom is -0.489 e. The van der Waals surface area contributed by atoms with Crippen LogP contribution in [0.2, 0.25) is 0 Å². The third-order valence-corrected chi connectivity index (χ3v) is 10.4. The van der Waals surface area contributed by atoms with E-state index in [1.807, 2.05) is 6.07 Å². The Kier molecular flexibility index (Phi) is 7.82. The Balaban J connectivity index is 1.30. The number of carbonyl (C=O) groups excluding carboxylic acids is 2. The van der Waals surface area contributed by atoms with E-state index in [9.17, 15) is 24.8 Å². The van der Waals surface area contributed by atoms with Crippen LogP contribution in [-0.2, 0) is 9.59 Å². The maximum absolute atomic E-state index is 15.1. The Morgan fingerprint density at radius 3 is 2.27 bits per heavy atom. The quantitative estimate of drug-likeness (QED) is 0.418. The number of nitrogens with one attached hydrogen (secondary N) is 2. The fourth-order valence-corrected chi connectivity index (χ4v) is 7.29. The van der Waals surface area contributed by atoms with Crippen molar-refractivity contribution in [2.45, 2.75) is 96.6 Å². The van der Waals surface area contributed by atoms with Crippen molar-refractivity contribution in [2.75, 3.05) is 6.54 Å². The zero-order valence-corrected chi connectivity index (χ0v) is 23.4. The summed E-state index contributed by atoms with van der Waals surface area (Å²) in [4.78, 5) is 38.4. The van der Waals surface area contributed by atoms with Gasteiger partial charge in [-0.2, -0.15) is 5.26 Å². The normalized spacial score (nSPS) is 32.3. The van der Waals surface area contributed by atoms with Crippen LogP contribution in [0, 0.1) is 45.7 Å². The highest BCUT2D eigenvalue weighted by Crippen LogP contribution is 2.46. The van der Waals surface area contributed by atoms with Crippen molar-refractivity contribution < 1.29 is 28.6 Å². The van der Waals surface area contributed by atoms with Gasteiger partial charge in [0, 0.05) is 12.6 Å². The summed E-state index contributed by atoms with van der Waals surface area (Å²) in [5.41, 5.74) is -0.903. The van der Waals surface area contributed by atoms with Crippen LogP contribution in [0.25, 0.3) is 0 Å². The highest BCUT2D eigenvalue weighted by atomic mass is 19.1. The zero-order valence-electron chi connectivity index (χ0n) is 23.4. The molecule has 5 fully saturated rings. The second kappa shape index (κ2) is 11.0. The number of nitriles is 1. The third-order valence-electron chi connectivity index (χ3n) is 10.4. The number of amides is 2. The van der Waals surface area contributed by atoms with Crippen LogP contribution >= 0.6 is 0 Å². The van der Waals surface area contributed by atoms with E-state index in [1.54, 1.807) is 6.92 Å². The topological polar surface area (TPSA) is 129 Å². The van der Waals surface area contributed by atoms with Crippen molar-refractivity contribution in [1.82, 2.24) is 10.6 Å². The van der Waals surface area contributed by atoms with E-state index in [4.69, 9.17) is 4.74 Å². The van der Waals surface area contributed by atoms with Crippen LogP contribution in [0.3, 0.4) is 0 Å². The average molecular weight is 554 g/mol. The van der Waals surface area contributed by atoms with Gasteiger partial charge in [0.05, 0.1) is 28.6 Å². The Labute approximate surface area is 235 Å². The molecule has 0 spiro atoms. The second-order valence-corrected chi connectivity index (χ2v) is 13.2. The van der Waals surface area contributed by atoms with Gasteiger partial charge in [-0.05, 0) is 101 Å². The molecule has 40 heavy (non-hydrogen) atoms. The monoisotopic (exact) mass is 553 g/mol. The van der Waals surface area contributed by atoms with Crippen molar-refractivity contribution in [2.24, 2.45) is 28.6 Å². The Bertz CT molecular complexity index is 1210. The Hall–Kier alpha value is -3.15. The molecule has 0 saturated heterocycles. The molecule has 8 nitrogen and oxygen atoms in total. The minimum atomic E-state index is -0.843. The molecule has 5 aliphatic rings. The number of carboxylic acid groups (broad SMARTS) is 1. The van der Waals surface area contributed by atoms with Gasteiger partial charge in [-0.1, -0.05) is 13.3 Å². The lowest BCUT2D eigenvalue weighted by molar-refractivity contribution is -0.150. The van der Waals surface area contributed by atoms with Crippen LogP contribution < -0.4 is 15.4 Å². The molecular weight excluding hydrogens is 513 g/mol. The van der Waals surface area contributed by atoms with E-state index in [1.165, 1.54) is 12.5 Å². The molecule has 0 aromatic heterocycles. The summed E-state index contributed by atoms with van der Waals surface area (Å²) in [6.45, 7) is 4.54. The largest absolute Gasteiger partial charge is 0.489 e. The lowest BCUT2D eigenvalue weighted by atomic mass is 9.61. The SMILES string of the molecule is CC1(CNC(=O)[C@H]2C3CCC(CC3)[C@H]2NC(=O)c2cc(OC3CCC(C)(C(=O)O)CC3)c(C#N)cc2F)CCC1. The van der Waals surface area contributed by atoms with Gasteiger partial charge in [0.15, 0.2) is 0 Å². The van der Waals surface area contributed by atoms with Gasteiger partial charge in [-0.25, -0.2) is 4.39 Å². The number of benzene rings is 1. The van der Waals surface area contributed by atoms with Crippen LogP contribution in [0.1, 0.15) is 100 Å². The molecule has 2 bridgehead atoms. The number of fused-ring (bicyclic) bond motifs is 3. The summed E-state index contributed by atoms with van der Waals surface area (Å²) < 4.78 is 21.2. The van der Waals surface area contributed by atoms with Crippen LogP contribution in [0.5, 0.6) is 5.75 Å². The van der Waals surface area contributed by atoms with E-state index < -0.39 is 23.1 Å². The van der Waals surface area contributed by atoms with Gasteiger partial charge < -0.3 is 20.5 Å². The lowest BCUT2D eigenvalue weighted by Gasteiger charge is -2.48. The van der Waals surface area contributed by atoms with Crippen molar-refractivity contribution in [3.8, 4) is 11.8 Å². The molecule has 5 aliphatic carbocycles. The van der Waals surface area contributed by atoms with Crippen LogP contribution in [0.4, 0.5) is 4.39 Å². The first-order valence-electron chi connectivity index (χ1n) is 14.7. The van der Waals surface area contributed by atoms with Gasteiger partial charge in [-0.3, -0.25) is 14.4 Å². The number of aliphatic carboxylic acids is 1. The summed E-state index contributed by atoms with van der Waals surface area (Å²) in [6, 6.07) is 3.87.